The first-order valence-corrected chi connectivity index (χ1v) is 9.95. The van der Waals surface area contributed by atoms with Gasteiger partial charge < -0.3 is 26.1 Å². The average Bonchev–Trinajstić information content (AvgIpc) is 3.09. The van der Waals surface area contributed by atoms with Crippen molar-refractivity contribution in [3.8, 4) is 0 Å². The maximum atomic E-state index is 12.5. The van der Waals surface area contributed by atoms with Crippen molar-refractivity contribution in [1.29, 1.82) is 0 Å². The lowest BCUT2D eigenvalue weighted by Crippen LogP contribution is -2.71. The van der Waals surface area contributed by atoms with Gasteiger partial charge >= 0.3 is 11.9 Å². The number of thiazole rings is 1. The van der Waals surface area contributed by atoms with Gasteiger partial charge in [0.1, 0.15) is 29.4 Å². The van der Waals surface area contributed by atoms with Crippen LogP contribution in [0.4, 0.5) is 5.13 Å². The second-order valence-electron chi connectivity index (χ2n) is 5.92. The molecule has 2 amide bonds. The van der Waals surface area contributed by atoms with E-state index in [-0.39, 0.29) is 34.5 Å². The van der Waals surface area contributed by atoms with E-state index in [0.29, 0.717) is 0 Å². The zero-order valence-corrected chi connectivity index (χ0v) is 16.5. The van der Waals surface area contributed by atoms with Crippen LogP contribution >= 0.6 is 23.1 Å². The molecule has 1 aromatic heterocycles. The number of hydrogen-bond donors (Lipinski definition) is 4. The number of aromatic nitrogens is 1. The fraction of sp³-hybridized carbons (Fsp3) is 0.333. The number of carbonyl (C=O) groups is 4. The summed E-state index contributed by atoms with van der Waals surface area (Å²) >= 11 is 2.25. The highest BCUT2D eigenvalue weighted by molar-refractivity contribution is 8.00. The van der Waals surface area contributed by atoms with E-state index >= 15 is 0 Å². The van der Waals surface area contributed by atoms with Gasteiger partial charge in [0.2, 0.25) is 0 Å². The normalized spacial score (nSPS) is 21.3. The quantitative estimate of drug-likeness (QED) is 0.143. The molecule has 0 radical (unpaired) electrons. The minimum Gasteiger partial charge on any atom is -0.477 e. The van der Waals surface area contributed by atoms with E-state index in [4.69, 9.17) is 15.7 Å². The van der Waals surface area contributed by atoms with Crippen molar-refractivity contribution >= 4 is 57.7 Å². The molecule has 0 aliphatic carbocycles. The van der Waals surface area contributed by atoms with Gasteiger partial charge in [0.25, 0.3) is 11.8 Å². The van der Waals surface area contributed by atoms with E-state index in [1.807, 2.05) is 0 Å². The van der Waals surface area contributed by atoms with Crippen LogP contribution in [0, 0.1) is 0 Å². The van der Waals surface area contributed by atoms with Crippen LogP contribution in [-0.4, -0.2) is 73.4 Å². The highest BCUT2D eigenvalue weighted by Gasteiger charge is 2.54. The molecule has 1 aromatic rings. The second kappa shape index (κ2) is 8.08. The molecule has 5 N–H and O–H groups in total. The standard InChI is InChI=1S/C15H15N5O7S2/c1-5(21)27-2-6-3-28-13-9(12(23)20(13)10(6)14(24)25)18-11(22)8(19-26)7-4-29-15(16)17-7/h4,9,13,26H,2-3H2,1H3,(H2,16,17)(H,18,22)(H,24,25)/t9-,13-/m1/s1. The fourth-order valence-corrected chi connectivity index (χ4v) is 4.68. The minimum atomic E-state index is -1.34. The van der Waals surface area contributed by atoms with Gasteiger partial charge in [-0.25, -0.2) is 9.78 Å². The van der Waals surface area contributed by atoms with Gasteiger partial charge in [-0.15, -0.1) is 23.1 Å². The maximum Gasteiger partial charge on any atom is 0.352 e. The topological polar surface area (TPSA) is 185 Å². The lowest BCUT2D eigenvalue weighted by Gasteiger charge is -2.49. The molecule has 14 heteroatoms. The summed E-state index contributed by atoms with van der Waals surface area (Å²) in [5.41, 5.74) is 5.13. The van der Waals surface area contributed by atoms with E-state index < -0.39 is 40.9 Å². The molecular weight excluding hydrogens is 426 g/mol. The maximum absolute atomic E-state index is 12.5. The molecule has 2 aliphatic heterocycles. The Morgan fingerprint density at radius 1 is 1.48 bits per heavy atom. The van der Waals surface area contributed by atoms with Crippen LogP contribution in [-0.2, 0) is 23.9 Å². The summed E-state index contributed by atoms with van der Waals surface area (Å²) in [6, 6.07) is -1.02. The van der Waals surface area contributed by atoms with E-state index in [1.165, 1.54) is 24.1 Å². The number of carboxylic acids is 1. The number of oxime groups is 1. The number of carbonyl (C=O) groups excluding carboxylic acids is 3. The zero-order chi connectivity index (χ0) is 21.3. The lowest BCUT2D eigenvalue weighted by molar-refractivity contribution is -0.150. The molecule has 154 valence electrons. The van der Waals surface area contributed by atoms with Crippen LogP contribution in [0.25, 0.3) is 0 Å². The molecule has 3 heterocycles. The SMILES string of the molecule is CC(=O)OCC1=C(C(=O)O)N2C(=O)[C@@H](NC(=O)C(=NO)c3csc(N)n3)[C@H]2SC1. The molecule has 0 unspecified atom stereocenters. The number of thioether (sulfide) groups is 1. The summed E-state index contributed by atoms with van der Waals surface area (Å²) in [6.45, 7) is 0.945. The number of nitrogens with two attached hydrogens (primary N) is 1. The number of β-lactam (4-membered cyclic amide) rings is 1. The van der Waals surface area contributed by atoms with Crippen molar-refractivity contribution in [1.82, 2.24) is 15.2 Å². The van der Waals surface area contributed by atoms with Crippen LogP contribution in [0.2, 0.25) is 0 Å². The Kier molecular flexibility index (Phi) is 5.74. The number of esters is 1. The summed E-state index contributed by atoms with van der Waals surface area (Å²) in [6.07, 6.45) is 0. The minimum absolute atomic E-state index is 0.0437. The van der Waals surface area contributed by atoms with Crippen molar-refractivity contribution in [3.05, 3.63) is 22.3 Å². The fourth-order valence-electron chi connectivity index (χ4n) is 2.80. The van der Waals surface area contributed by atoms with Gasteiger partial charge in [0, 0.05) is 23.6 Å². The summed E-state index contributed by atoms with van der Waals surface area (Å²) in [5, 5.41) is 24.9. The Bertz CT molecular complexity index is 957. The third kappa shape index (κ3) is 3.88. The molecule has 29 heavy (non-hydrogen) atoms. The van der Waals surface area contributed by atoms with Gasteiger partial charge in [-0.05, 0) is 0 Å². The van der Waals surface area contributed by atoms with Gasteiger partial charge in [0.05, 0.1) is 0 Å². The number of aliphatic carboxylic acids is 1. The molecule has 0 bridgehead atoms. The number of nitrogens with zero attached hydrogens (tertiary/aromatic N) is 3. The number of carboxylic acid groups (broad SMARTS) is 1. The molecule has 2 aliphatic rings. The van der Waals surface area contributed by atoms with E-state index in [0.717, 1.165) is 16.2 Å². The number of nitrogens with one attached hydrogen (secondary N) is 1. The third-order valence-corrected chi connectivity index (χ3v) is 6.08. The third-order valence-electron chi connectivity index (χ3n) is 4.07. The average molecular weight is 441 g/mol. The Morgan fingerprint density at radius 2 is 2.21 bits per heavy atom. The van der Waals surface area contributed by atoms with E-state index in [2.05, 4.69) is 15.5 Å². The van der Waals surface area contributed by atoms with Gasteiger partial charge in [0.15, 0.2) is 10.8 Å². The van der Waals surface area contributed by atoms with Crippen molar-refractivity contribution < 1.29 is 34.2 Å². The smallest absolute Gasteiger partial charge is 0.352 e. The molecular formula is C15H15N5O7S2. The van der Waals surface area contributed by atoms with Crippen molar-refractivity contribution in [2.45, 2.75) is 18.3 Å². The highest BCUT2D eigenvalue weighted by Crippen LogP contribution is 2.40. The predicted molar refractivity (Wildman–Crippen MR) is 101 cm³/mol. The molecule has 1 fully saturated rings. The molecule has 2 atom stereocenters. The number of fused-ring (bicyclic) bond motifs is 1. The largest absolute Gasteiger partial charge is 0.477 e. The number of hydrogen-bond acceptors (Lipinski definition) is 11. The van der Waals surface area contributed by atoms with Crippen LogP contribution < -0.4 is 11.1 Å². The lowest BCUT2D eigenvalue weighted by atomic mass is 10.0. The van der Waals surface area contributed by atoms with Crippen LogP contribution in [0.3, 0.4) is 0 Å². The Balaban J connectivity index is 1.76. The number of ether oxygens (including phenoxy) is 1. The Morgan fingerprint density at radius 3 is 2.76 bits per heavy atom. The Labute approximate surface area is 171 Å². The first kappa shape index (κ1) is 20.6. The number of amides is 2. The van der Waals surface area contributed by atoms with Crippen molar-refractivity contribution in [2.75, 3.05) is 18.1 Å². The number of nitrogen functional groups attached to an aromatic ring is 1. The summed E-state index contributed by atoms with van der Waals surface area (Å²) in [5.74, 6) is -3.23. The van der Waals surface area contributed by atoms with Crippen LogP contribution in [0.1, 0.15) is 12.6 Å². The Hall–Kier alpha value is -3.13. The van der Waals surface area contributed by atoms with E-state index in [1.54, 1.807) is 0 Å². The summed E-state index contributed by atoms with van der Waals surface area (Å²) < 4.78 is 4.85. The number of rotatable bonds is 6. The molecule has 1 saturated heterocycles. The van der Waals surface area contributed by atoms with Gasteiger partial charge in [-0.2, -0.15) is 0 Å². The summed E-state index contributed by atoms with van der Waals surface area (Å²) in [7, 11) is 0. The molecule has 0 aromatic carbocycles. The predicted octanol–water partition coefficient (Wildman–Crippen LogP) is -0.795. The van der Waals surface area contributed by atoms with E-state index in [9.17, 15) is 24.3 Å². The van der Waals surface area contributed by atoms with Gasteiger partial charge in [-0.1, -0.05) is 5.16 Å². The van der Waals surface area contributed by atoms with Crippen molar-refractivity contribution in [2.24, 2.45) is 5.16 Å². The first-order valence-electron chi connectivity index (χ1n) is 8.02. The van der Waals surface area contributed by atoms with Crippen molar-refractivity contribution in [3.63, 3.8) is 0 Å². The molecule has 3 rings (SSSR count). The monoisotopic (exact) mass is 441 g/mol. The second-order valence-corrected chi connectivity index (χ2v) is 7.91. The zero-order valence-electron chi connectivity index (χ0n) is 14.8. The van der Waals surface area contributed by atoms with Gasteiger partial charge in [-0.3, -0.25) is 19.3 Å². The van der Waals surface area contributed by atoms with Crippen LogP contribution in [0.5, 0.6) is 0 Å². The summed E-state index contributed by atoms with van der Waals surface area (Å²) in [4.78, 5) is 52.5. The number of anilines is 1. The molecule has 0 spiro atoms. The first-order chi connectivity index (χ1) is 13.7. The molecule has 12 nitrogen and oxygen atoms in total. The highest BCUT2D eigenvalue weighted by atomic mass is 32.2. The molecule has 0 saturated carbocycles. The van der Waals surface area contributed by atoms with Crippen LogP contribution in [0.15, 0.2) is 21.8 Å².